The summed E-state index contributed by atoms with van der Waals surface area (Å²) < 4.78 is 14.7. The molecule has 4 nitrogen and oxygen atoms in total. The Morgan fingerprint density at radius 3 is 2.58 bits per heavy atom. The first-order valence-corrected chi connectivity index (χ1v) is 3.87. The summed E-state index contributed by atoms with van der Waals surface area (Å²) in [5.74, 6) is 0.289. The van der Waals surface area contributed by atoms with Crippen molar-refractivity contribution >= 4 is 0 Å². The van der Waals surface area contributed by atoms with E-state index in [0.29, 0.717) is 18.1 Å². The molecule has 4 heteroatoms. The van der Waals surface area contributed by atoms with Crippen molar-refractivity contribution in [3.05, 3.63) is 22.1 Å². The highest BCUT2D eigenvalue weighted by molar-refractivity contribution is 5.03. The smallest absolute Gasteiger partial charge is 0.396 e. The van der Waals surface area contributed by atoms with Crippen LogP contribution in [0.1, 0.15) is 31.5 Å². The zero-order valence-electron chi connectivity index (χ0n) is 7.42. The van der Waals surface area contributed by atoms with Gasteiger partial charge in [0.25, 0.3) is 0 Å². The fraction of sp³-hybridized carbons (Fsp3) is 0.625. The zero-order chi connectivity index (χ0) is 9.14. The molecule has 0 saturated carbocycles. The van der Waals surface area contributed by atoms with E-state index in [4.69, 9.17) is 9.15 Å². The minimum atomic E-state index is -0.672. The Bertz CT molecular complexity index is 296. The minimum absolute atomic E-state index is 0.221. The molecule has 0 aliphatic heterocycles. The van der Waals surface area contributed by atoms with Gasteiger partial charge in [-0.2, -0.15) is 0 Å². The third-order valence-corrected chi connectivity index (χ3v) is 1.56. The van der Waals surface area contributed by atoms with Crippen LogP contribution in [0.2, 0.25) is 0 Å². The molecule has 0 radical (unpaired) electrons. The van der Waals surface area contributed by atoms with Gasteiger partial charge in [0.05, 0.1) is 0 Å². The van der Waals surface area contributed by atoms with Crippen LogP contribution < -0.4 is 5.82 Å². The molecule has 1 unspecified atom stereocenters. The van der Waals surface area contributed by atoms with Crippen LogP contribution in [0, 0.1) is 6.92 Å². The molecule has 12 heavy (non-hydrogen) atoms. The Hall–Kier alpha value is -1.03. The van der Waals surface area contributed by atoms with E-state index in [9.17, 15) is 4.79 Å². The Kier molecular flexibility index (Phi) is 2.70. The summed E-state index contributed by atoms with van der Waals surface area (Å²) in [5, 5.41) is 0. The Morgan fingerprint density at radius 2 is 2.17 bits per heavy atom. The van der Waals surface area contributed by atoms with Crippen LogP contribution in [0.5, 0.6) is 0 Å². The van der Waals surface area contributed by atoms with Crippen molar-refractivity contribution in [2.75, 3.05) is 6.61 Å². The Balaban J connectivity index is 2.86. The van der Waals surface area contributed by atoms with Crippen molar-refractivity contribution in [3.8, 4) is 0 Å². The van der Waals surface area contributed by atoms with E-state index in [1.165, 1.54) is 0 Å². The second-order valence-electron chi connectivity index (χ2n) is 2.47. The molecule has 68 valence electrons. The molecule has 0 aliphatic carbocycles. The maximum absolute atomic E-state index is 10.6. The van der Waals surface area contributed by atoms with Gasteiger partial charge in [0.1, 0.15) is 11.9 Å². The molecule has 0 fully saturated rings. The van der Waals surface area contributed by atoms with Crippen molar-refractivity contribution in [2.24, 2.45) is 0 Å². The van der Waals surface area contributed by atoms with Gasteiger partial charge in [0.2, 0.25) is 0 Å². The van der Waals surface area contributed by atoms with Crippen molar-refractivity contribution < 1.29 is 13.6 Å². The predicted molar refractivity (Wildman–Crippen MR) is 42.0 cm³/mol. The van der Waals surface area contributed by atoms with E-state index in [0.717, 1.165) is 0 Å². The maximum atomic E-state index is 10.6. The van der Waals surface area contributed by atoms with Crippen LogP contribution >= 0.6 is 0 Å². The molecule has 1 aromatic heterocycles. The van der Waals surface area contributed by atoms with Gasteiger partial charge in [0.15, 0.2) is 5.76 Å². The summed E-state index contributed by atoms with van der Waals surface area (Å²) in [7, 11) is 0. The largest absolute Gasteiger partial charge is 0.519 e. The quantitative estimate of drug-likeness (QED) is 0.695. The van der Waals surface area contributed by atoms with Gasteiger partial charge in [-0.25, -0.2) is 4.79 Å². The Morgan fingerprint density at radius 1 is 1.50 bits per heavy atom. The lowest BCUT2D eigenvalue weighted by Crippen LogP contribution is -1.99. The highest BCUT2D eigenvalue weighted by Gasteiger charge is 2.15. The van der Waals surface area contributed by atoms with Crippen LogP contribution in [0.15, 0.2) is 13.6 Å². The van der Waals surface area contributed by atoms with Gasteiger partial charge in [-0.3, -0.25) is 0 Å². The van der Waals surface area contributed by atoms with Gasteiger partial charge < -0.3 is 13.6 Å². The monoisotopic (exact) mass is 172 g/mol. The summed E-state index contributed by atoms with van der Waals surface area (Å²) in [6.07, 6.45) is -0.221. The first-order valence-electron chi connectivity index (χ1n) is 3.87. The summed E-state index contributed by atoms with van der Waals surface area (Å²) in [6.45, 7) is 5.94. The lowest BCUT2D eigenvalue weighted by Gasteiger charge is -2.06. The average molecular weight is 172 g/mol. The van der Waals surface area contributed by atoms with E-state index in [1.807, 2.05) is 13.8 Å². The second-order valence-corrected chi connectivity index (χ2v) is 2.47. The predicted octanol–water partition coefficient (Wildman–Crippen LogP) is 1.64. The number of aryl methyl sites for hydroxylation is 1. The highest BCUT2D eigenvalue weighted by Crippen LogP contribution is 2.18. The molecule has 1 rings (SSSR count). The van der Waals surface area contributed by atoms with E-state index in [-0.39, 0.29) is 6.10 Å². The molecule has 0 amide bonds. The maximum Gasteiger partial charge on any atom is 0.519 e. The minimum Gasteiger partial charge on any atom is -0.396 e. The zero-order valence-corrected chi connectivity index (χ0v) is 7.42. The average Bonchev–Trinajstić information content (AvgIpc) is 2.30. The fourth-order valence-electron chi connectivity index (χ4n) is 1.05. The van der Waals surface area contributed by atoms with E-state index < -0.39 is 5.82 Å². The molecule has 1 aromatic rings. The first kappa shape index (κ1) is 9.06. The molecule has 0 aliphatic rings. The number of ether oxygens (including phenoxy) is 1. The van der Waals surface area contributed by atoms with Crippen LogP contribution in [0.25, 0.3) is 0 Å². The van der Waals surface area contributed by atoms with Gasteiger partial charge in [0, 0.05) is 6.61 Å². The summed E-state index contributed by atoms with van der Waals surface area (Å²) >= 11 is 0. The van der Waals surface area contributed by atoms with E-state index in [2.05, 4.69) is 4.42 Å². The topological polar surface area (TPSA) is 52.6 Å². The first-order chi connectivity index (χ1) is 5.65. The number of hydrogen-bond acceptors (Lipinski definition) is 4. The molecule has 0 saturated heterocycles. The number of rotatable bonds is 3. The number of hydrogen-bond donors (Lipinski definition) is 0. The summed E-state index contributed by atoms with van der Waals surface area (Å²) in [4.78, 5) is 10.6. The van der Waals surface area contributed by atoms with Crippen LogP contribution in [0.3, 0.4) is 0 Å². The standard InChI is InChI=1S/C8H12O4/c1-4-10-5(2)7-6(3)11-8(9)12-7/h5H,4H2,1-3H3. The molecular formula is C8H12O4. The molecule has 0 aromatic carbocycles. The molecule has 0 bridgehead atoms. The summed E-state index contributed by atoms with van der Waals surface area (Å²) in [6, 6.07) is 0. The van der Waals surface area contributed by atoms with Crippen LogP contribution in [-0.4, -0.2) is 6.61 Å². The Labute approximate surface area is 70.1 Å². The molecule has 0 spiro atoms. The van der Waals surface area contributed by atoms with Crippen LogP contribution in [0.4, 0.5) is 0 Å². The van der Waals surface area contributed by atoms with E-state index in [1.54, 1.807) is 6.92 Å². The van der Waals surface area contributed by atoms with Crippen molar-refractivity contribution in [3.63, 3.8) is 0 Å². The lowest BCUT2D eigenvalue weighted by molar-refractivity contribution is 0.0589. The third kappa shape index (κ3) is 1.76. The molecule has 1 atom stereocenters. The van der Waals surface area contributed by atoms with Crippen LogP contribution in [-0.2, 0) is 4.74 Å². The SMILES string of the molecule is CCOC(C)c1oc(=O)oc1C. The summed E-state index contributed by atoms with van der Waals surface area (Å²) in [5.41, 5.74) is 0. The highest BCUT2D eigenvalue weighted by atomic mass is 16.6. The molecule has 1 heterocycles. The second kappa shape index (κ2) is 3.58. The van der Waals surface area contributed by atoms with Gasteiger partial charge in [-0.15, -0.1) is 0 Å². The molecule has 0 N–H and O–H groups in total. The molecular weight excluding hydrogens is 160 g/mol. The van der Waals surface area contributed by atoms with E-state index >= 15 is 0 Å². The van der Waals surface area contributed by atoms with Gasteiger partial charge >= 0.3 is 5.82 Å². The van der Waals surface area contributed by atoms with Gasteiger partial charge in [-0.1, -0.05) is 0 Å². The normalized spacial score (nSPS) is 13.2. The van der Waals surface area contributed by atoms with Crippen molar-refractivity contribution in [1.82, 2.24) is 0 Å². The third-order valence-electron chi connectivity index (χ3n) is 1.56. The van der Waals surface area contributed by atoms with Crippen molar-refractivity contribution in [2.45, 2.75) is 26.9 Å². The lowest BCUT2D eigenvalue weighted by atomic mass is 10.3. The fourth-order valence-corrected chi connectivity index (χ4v) is 1.05. The van der Waals surface area contributed by atoms with Gasteiger partial charge in [-0.05, 0) is 20.8 Å². The van der Waals surface area contributed by atoms with Crippen molar-refractivity contribution in [1.29, 1.82) is 0 Å².